The molecule has 0 atom stereocenters. The molecule has 1 amide bonds. The summed E-state index contributed by atoms with van der Waals surface area (Å²) in [5, 5.41) is 15.9. The van der Waals surface area contributed by atoms with Crippen LogP contribution in [0.3, 0.4) is 0 Å². The van der Waals surface area contributed by atoms with E-state index in [2.05, 4.69) is 25.6 Å². The van der Waals surface area contributed by atoms with Crippen LogP contribution in [0, 0.1) is 12.7 Å². The molecule has 9 heteroatoms. The summed E-state index contributed by atoms with van der Waals surface area (Å²) in [6.07, 6.45) is 3.39. The van der Waals surface area contributed by atoms with Crippen molar-refractivity contribution in [2.45, 2.75) is 12.1 Å². The third kappa shape index (κ3) is 3.84. The Hall–Kier alpha value is -3.33. The normalized spacial score (nSPS) is 10.9. The average molecular weight is 394 g/mol. The molecule has 1 aromatic carbocycles. The lowest BCUT2D eigenvalue weighted by Gasteiger charge is -2.06. The van der Waals surface area contributed by atoms with Crippen molar-refractivity contribution in [2.24, 2.45) is 0 Å². The van der Waals surface area contributed by atoms with Gasteiger partial charge in [-0.15, -0.1) is 10.2 Å². The summed E-state index contributed by atoms with van der Waals surface area (Å²) in [5.41, 5.74) is 3.19. The van der Waals surface area contributed by atoms with Gasteiger partial charge in [0.1, 0.15) is 5.82 Å². The van der Waals surface area contributed by atoms with E-state index in [1.807, 2.05) is 24.3 Å². The Morgan fingerprint density at radius 2 is 1.96 bits per heavy atom. The first-order chi connectivity index (χ1) is 13.6. The Bertz CT molecular complexity index is 1150. The van der Waals surface area contributed by atoms with Gasteiger partial charge in [0, 0.05) is 23.6 Å². The van der Waals surface area contributed by atoms with Crippen molar-refractivity contribution in [3.63, 3.8) is 0 Å². The molecular formula is C19H15FN6OS. The summed E-state index contributed by atoms with van der Waals surface area (Å²) in [6.45, 7) is 1.67. The molecule has 0 saturated heterocycles. The molecule has 0 unspecified atom stereocenters. The number of halogens is 1. The topological polar surface area (TPSA) is 85.1 Å². The van der Waals surface area contributed by atoms with Gasteiger partial charge in [0.15, 0.2) is 5.65 Å². The lowest BCUT2D eigenvalue weighted by Crippen LogP contribution is -2.14. The zero-order valence-electron chi connectivity index (χ0n) is 14.8. The lowest BCUT2D eigenvalue weighted by molar-refractivity contribution is -0.113. The molecule has 0 bridgehead atoms. The molecule has 28 heavy (non-hydrogen) atoms. The third-order valence-electron chi connectivity index (χ3n) is 4.00. The van der Waals surface area contributed by atoms with E-state index in [1.54, 1.807) is 36.0 Å². The van der Waals surface area contributed by atoms with Crippen molar-refractivity contribution in [2.75, 3.05) is 11.1 Å². The van der Waals surface area contributed by atoms with E-state index in [-0.39, 0.29) is 17.5 Å². The smallest absolute Gasteiger partial charge is 0.234 e. The van der Waals surface area contributed by atoms with Crippen molar-refractivity contribution in [3.8, 4) is 11.3 Å². The molecule has 4 rings (SSSR count). The molecule has 3 aromatic heterocycles. The molecule has 0 fully saturated rings. The van der Waals surface area contributed by atoms with Crippen molar-refractivity contribution in [1.29, 1.82) is 0 Å². The number of thioether (sulfide) groups is 1. The van der Waals surface area contributed by atoms with Crippen LogP contribution < -0.4 is 5.32 Å². The molecule has 0 radical (unpaired) electrons. The number of hydrogen-bond donors (Lipinski definition) is 1. The predicted octanol–water partition coefficient (Wildman–Crippen LogP) is 3.36. The van der Waals surface area contributed by atoms with E-state index in [0.29, 0.717) is 22.1 Å². The highest BCUT2D eigenvalue weighted by molar-refractivity contribution is 7.99. The highest BCUT2D eigenvalue weighted by Gasteiger charge is 2.12. The SMILES string of the molecule is Cc1ccc(NC(=O)CSc2nnc3ccc(-c4ccncc4)nn23)cc1F. The number of aromatic nitrogens is 5. The fourth-order valence-corrected chi connectivity index (χ4v) is 3.22. The summed E-state index contributed by atoms with van der Waals surface area (Å²) in [6, 6.07) is 12.0. The standard InChI is InChI=1S/C19H15FN6OS/c1-12-2-3-14(10-15(12)20)22-18(27)11-28-19-24-23-17-5-4-16(25-26(17)19)13-6-8-21-9-7-13/h2-10H,11H2,1H3,(H,22,27). The minimum absolute atomic E-state index is 0.0947. The van der Waals surface area contributed by atoms with Gasteiger partial charge < -0.3 is 5.32 Å². The number of aryl methyl sites for hydroxylation is 1. The molecule has 4 aromatic rings. The van der Waals surface area contributed by atoms with E-state index >= 15 is 0 Å². The number of nitrogens with zero attached hydrogens (tertiary/aromatic N) is 5. The third-order valence-corrected chi connectivity index (χ3v) is 4.92. The first-order valence-electron chi connectivity index (χ1n) is 8.42. The molecule has 0 spiro atoms. The molecule has 1 N–H and O–H groups in total. The number of amides is 1. The van der Waals surface area contributed by atoms with E-state index in [1.165, 1.54) is 17.8 Å². The van der Waals surface area contributed by atoms with Gasteiger partial charge in [0.25, 0.3) is 0 Å². The minimum Gasteiger partial charge on any atom is -0.325 e. The monoisotopic (exact) mass is 394 g/mol. The first-order valence-corrected chi connectivity index (χ1v) is 9.40. The number of anilines is 1. The Morgan fingerprint density at radius 1 is 1.14 bits per heavy atom. The van der Waals surface area contributed by atoms with Gasteiger partial charge in [-0.1, -0.05) is 17.8 Å². The maximum absolute atomic E-state index is 13.6. The van der Waals surface area contributed by atoms with Crippen LogP contribution in [0.1, 0.15) is 5.56 Å². The Balaban J connectivity index is 1.48. The van der Waals surface area contributed by atoms with Crippen LogP contribution in [-0.2, 0) is 4.79 Å². The van der Waals surface area contributed by atoms with Gasteiger partial charge in [0.2, 0.25) is 11.1 Å². The molecule has 0 aliphatic heterocycles. The van der Waals surface area contributed by atoms with E-state index in [0.717, 1.165) is 11.3 Å². The second-order valence-corrected chi connectivity index (χ2v) is 6.95. The lowest BCUT2D eigenvalue weighted by atomic mass is 10.2. The summed E-state index contributed by atoms with van der Waals surface area (Å²) < 4.78 is 15.2. The second-order valence-electron chi connectivity index (χ2n) is 6.01. The van der Waals surface area contributed by atoms with Crippen LogP contribution in [0.15, 0.2) is 60.0 Å². The second kappa shape index (κ2) is 7.73. The van der Waals surface area contributed by atoms with Gasteiger partial charge in [-0.2, -0.15) is 9.61 Å². The average Bonchev–Trinajstić information content (AvgIpc) is 3.12. The summed E-state index contributed by atoms with van der Waals surface area (Å²) >= 11 is 1.20. The summed E-state index contributed by atoms with van der Waals surface area (Å²) in [7, 11) is 0. The number of pyridine rings is 1. The Morgan fingerprint density at radius 3 is 2.75 bits per heavy atom. The number of rotatable bonds is 5. The number of hydrogen-bond acceptors (Lipinski definition) is 6. The molecule has 140 valence electrons. The number of carbonyl (C=O) groups excluding carboxylic acids is 1. The van der Waals surface area contributed by atoms with Crippen LogP contribution >= 0.6 is 11.8 Å². The van der Waals surface area contributed by atoms with Crippen molar-refractivity contribution in [1.82, 2.24) is 24.8 Å². The molecule has 7 nitrogen and oxygen atoms in total. The van der Waals surface area contributed by atoms with Gasteiger partial charge >= 0.3 is 0 Å². The van der Waals surface area contributed by atoms with Crippen molar-refractivity contribution < 1.29 is 9.18 Å². The minimum atomic E-state index is -0.359. The highest BCUT2D eigenvalue weighted by Crippen LogP contribution is 2.21. The van der Waals surface area contributed by atoms with Crippen LogP contribution in [0.4, 0.5) is 10.1 Å². The van der Waals surface area contributed by atoms with Crippen molar-refractivity contribution >= 4 is 29.0 Å². The number of fused-ring (bicyclic) bond motifs is 1. The van der Waals surface area contributed by atoms with Crippen LogP contribution in [-0.4, -0.2) is 36.5 Å². The zero-order chi connectivity index (χ0) is 19.5. The Kier molecular flexibility index (Phi) is 4.98. The molecule has 0 aliphatic rings. The molecule has 0 saturated carbocycles. The number of nitrogens with one attached hydrogen (secondary N) is 1. The quantitative estimate of drug-likeness (QED) is 0.523. The summed E-state index contributed by atoms with van der Waals surface area (Å²) in [4.78, 5) is 16.2. The van der Waals surface area contributed by atoms with Crippen LogP contribution in [0.5, 0.6) is 0 Å². The van der Waals surface area contributed by atoms with Crippen molar-refractivity contribution in [3.05, 3.63) is 66.2 Å². The largest absolute Gasteiger partial charge is 0.325 e. The highest BCUT2D eigenvalue weighted by atomic mass is 32.2. The van der Waals surface area contributed by atoms with E-state index in [4.69, 9.17) is 0 Å². The zero-order valence-corrected chi connectivity index (χ0v) is 15.7. The molecule has 3 heterocycles. The number of benzene rings is 1. The first kappa shape index (κ1) is 18.1. The maximum atomic E-state index is 13.6. The molecular weight excluding hydrogens is 379 g/mol. The summed E-state index contributed by atoms with van der Waals surface area (Å²) in [5.74, 6) is -0.533. The molecule has 0 aliphatic carbocycles. The Labute approximate surface area is 164 Å². The fraction of sp³-hybridized carbons (Fsp3) is 0.105. The van der Waals surface area contributed by atoms with Gasteiger partial charge in [-0.05, 0) is 48.9 Å². The van der Waals surface area contributed by atoms with E-state index in [9.17, 15) is 9.18 Å². The maximum Gasteiger partial charge on any atom is 0.234 e. The fourth-order valence-electron chi connectivity index (χ4n) is 2.53. The van der Waals surface area contributed by atoms with Gasteiger partial charge in [-0.25, -0.2) is 4.39 Å². The van der Waals surface area contributed by atoms with Crippen LogP contribution in [0.2, 0.25) is 0 Å². The predicted molar refractivity (Wildman–Crippen MR) is 105 cm³/mol. The number of carbonyl (C=O) groups is 1. The van der Waals surface area contributed by atoms with Gasteiger partial charge in [-0.3, -0.25) is 9.78 Å². The van der Waals surface area contributed by atoms with E-state index < -0.39 is 0 Å². The van der Waals surface area contributed by atoms with Gasteiger partial charge in [0.05, 0.1) is 11.4 Å². The van der Waals surface area contributed by atoms with Crippen LogP contribution in [0.25, 0.3) is 16.9 Å².